The maximum atomic E-state index is 3.03. The second-order valence-corrected chi connectivity index (χ2v) is 8.62. The Hall–Kier alpha value is 0.0603. The van der Waals surface area contributed by atoms with E-state index in [9.17, 15) is 0 Å². The number of benzene rings is 1. The molecule has 0 N–H and O–H groups in total. The van der Waals surface area contributed by atoms with Crippen LogP contribution in [-0.2, 0) is 19.5 Å². The molecule has 0 saturated carbocycles. The van der Waals surface area contributed by atoms with Crippen molar-refractivity contribution in [2.45, 2.75) is 19.6 Å². The van der Waals surface area contributed by atoms with E-state index in [1.165, 1.54) is 5.19 Å². The van der Waals surface area contributed by atoms with Gasteiger partial charge in [0.2, 0.25) is 0 Å². The molecule has 0 aliphatic carbocycles. The van der Waals surface area contributed by atoms with Crippen molar-refractivity contribution in [1.82, 2.24) is 0 Å². The molecule has 0 fully saturated rings. The summed E-state index contributed by atoms with van der Waals surface area (Å²) >= 11 is 0. The van der Waals surface area contributed by atoms with Crippen LogP contribution < -0.4 is 5.19 Å². The molecule has 0 heterocycles. The van der Waals surface area contributed by atoms with E-state index in [1.54, 1.807) is 0 Å². The van der Waals surface area contributed by atoms with E-state index in [-0.39, 0.29) is 19.5 Å². The molecule has 0 amide bonds. The Bertz CT molecular complexity index is 201. The van der Waals surface area contributed by atoms with Crippen LogP contribution in [0.4, 0.5) is 0 Å². The Kier molecular flexibility index (Phi) is 4.20. The van der Waals surface area contributed by atoms with Crippen molar-refractivity contribution in [3.63, 3.8) is 0 Å². The fourth-order valence-electron chi connectivity index (χ4n) is 0.887. The van der Waals surface area contributed by atoms with E-state index >= 15 is 0 Å². The van der Waals surface area contributed by atoms with Crippen molar-refractivity contribution in [1.29, 1.82) is 0 Å². The molecule has 0 radical (unpaired) electrons. The molecular formula is C9H13SiZn-. The van der Waals surface area contributed by atoms with Gasteiger partial charge in [-0.2, -0.15) is 35.5 Å². The molecule has 1 aromatic rings. The van der Waals surface area contributed by atoms with Crippen LogP contribution in [0.1, 0.15) is 0 Å². The van der Waals surface area contributed by atoms with Crippen molar-refractivity contribution >= 4 is 13.3 Å². The molecule has 2 heteroatoms. The quantitative estimate of drug-likeness (QED) is 0.496. The minimum atomic E-state index is -1.05. The van der Waals surface area contributed by atoms with Crippen molar-refractivity contribution in [3.05, 3.63) is 30.3 Å². The Labute approximate surface area is 82.8 Å². The van der Waals surface area contributed by atoms with Crippen molar-refractivity contribution < 1.29 is 19.5 Å². The average molecular weight is 215 g/mol. The molecule has 0 bridgehead atoms. The summed E-state index contributed by atoms with van der Waals surface area (Å²) < 4.78 is 0. The number of hydrogen-bond donors (Lipinski definition) is 0. The van der Waals surface area contributed by atoms with Crippen LogP contribution in [0.25, 0.3) is 0 Å². The molecule has 0 unspecified atom stereocenters. The van der Waals surface area contributed by atoms with Gasteiger partial charge in [-0.05, 0) is 0 Å². The van der Waals surface area contributed by atoms with E-state index in [2.05, 4.69) is 37.8 Å². The summed E-state index contributed by atoms with van der Waals surface area (Å²) in [4.78, 5) is 0. The van der Waals surface area contributed by atoms with Gasteiger partial charge in [0, 0.05) is 19.5 Å². The van der Waals surface area contributed by atoms with Crippen LogP contribution in [0, 0.1) is 6.07 Å². The van der Waals surface area contributed by atoms with Gasteiger partial charge >= 0.3 is 0 Å². The van der Waals surface area contributed by atoms with Crippen LogP contribution in [0.15, 0.2) is 24.3 Å². The maximum Gasteiger partial charge on any atom is 0.0514 e. The normalized spacial score (nSPS) is 10.5. The topological polar surface area (TPSA) is 0 Å². The van der Waals surface area contributed by atoms with Crippen LogP contribution >= 0.6 is 0 Å². The molecule has 0 aliphatic heterocycles. The molecule has 56 valence electrons. The van der Waals surface area contributed by atoms with Gasteiger partial charge in [-0.3, -0.25) is 0 Å². The second kappa shape index (κ2) is 4.18. The predicted molar refractivity (Wildman–Crippen MR) is 48.3 cm³/mol. The fourth-order valence-corrected chi connectivity index (χ4v) is 2.05. The third-order valence-electron chi connectivity index (χ3n) is 1.58. The van der Waals surface area contributed by atoms with Crippen LogP contribution in [0.3, 0.4) is 0 Å². The van der Waals surface area contributed by atoms with Gasteiger partial charge in [-0.15, -0.1) is 0 Å². The molecule has 0 nitrogen and oxygen atoms in total. The Balaban J connectivity index is 0.000001000. The molecule has 1 aromatic carbocycles. The van der Waals surface area contributed by atoms with E-state index < -0.39 is 8.07 Å². The van der Waals surface area contributed by atoms with Gasteiger partial charge in [-0.25, -0.2) is 0 Å². The molecule has 0 atom stereocenters. The summed E-state index contributed by atoms with van der Waals surface area (Å²) in [7, 11) is -1.05. The van der Waals surface area contributed by atoms with E-state index in [0.717, 1.165) is 0 Å². The van der Waals surface area contributed by atoms with Crippen molar-refractivity contribution in [3.8, 4) is 0 Å². The monoisotopic (exact) mass is 213 g/mol. The van der Waals surface area contributed by atoms with E-state index in [4.69, 9.17) is 0 Å². The first kappa shape index (κ1) is 11.1. The molecule has 0 spiro atoms. The van der Waals surface area contributed by atoms with E-state index in [0.29, 0.717) is 0 Å². The fraction of sp³-hybridized carbons (Fsp3) is 0.333. The molecular weight excluding hydrogens is 202 g/mol. The van der Waals surface area contributed by atoms with Crippen LogP contribution in [0.5, 0.6) is 0 Å². The molecule has 1 rings (SSSR count). The SMILES string of the molecule is C[Si](C)(C)c1cc[c-]cc1.[Zn]. The summed E-state index contributed by atoms with van der Waals surface area (Å²) in [6.45, 7) is 7.05. The second-order valence-electron chi connectivity index (χ2n) is 3.54. The smallest absolute Gasteiger partial charge is 0.0514 e. The van der Waals surface area contributed by atoms with Crippen LogP contribution in [0.2, 0.25) is 19.6 Å². The zero-order valence-corrected chi connectivity index (χ0v) is 11.5. The van der Waals surface area contributed by atoms with E-state index in [1.807, 2.05) is 12.1 Å². The van der Waals surface area contributed by atoms with Gasteiger partial charge in [0.1, 0.15) is 0 Å². The predicted octanol–water partition coefficient (Wildman–Crippen LogP) is 2.03. The van der Waals surface area contributed by atoms with Gasteiger partial charge in [0.15, 0.2) is 0 Å². The minimum absolute atomic E-state index is 0. The molecule has 0 aromatic heterocycles. The summed E-state index contributed by atoms with van der Waals surface area (Å²) in [5, 5.41) is 1.51. The first-order valence-electron chi connectivity index (χ1n) is 3.57. The third kappa shape index (κ3) is 3.31. The Morgan fingerprint density at radius 3 is 1.82 bits per heavy atom. The first-order valence-corrected chi connectivity index (χ1v) is 7.07. The zero-order chi connectivity index (χ0) is 7.61. The largest absolute Gasteiger partial charge is 0.184 e. The maximum absolute atomic E-state index is 3.03. The summed E-state index contributed by atoms with van der Waals surface area (Å²) in [6, 6.07) is 11.4. The average Bonchev–Trinajstić information content (AvgIpc) is 1.88. The molecule has 0 saturated heterocycles. The van der Waals surface area contributed by atoms with Gasteiger partial charge in [-0.1, -0.05) is 19.6 Å². The Morgan fingerprint density at radius 2 is 1.55 bits per heavy atom. The summed E-state index contributed by atoms with van der Waals surface area (Å²) in [5.74, 6) is 0. The molecule has 0 aliphatic rings. The number of hydrogen-bond acceptors (Lipinski definition) is 0. The first-order chi connectivity index (χ1) is 4.61. The summed E-state index contributed by atoms with van der Waals surface area (Å²) in [5.41, 5.74) is 0. The van der Waals surface area contributed by atoms with Crippen molar-refractivity contribution in [2.24, 2.45) is 0 Å². The molecule has 11 heavy (non-hydrogen) atoms. The van der Waals surface area contributed by atoms with Gasteiger partial charge in [0.25, 0.3) is 0 Å². The summed E-state index contributed by atoms with van der Waals surface area (Å²) in [6.07, 6.45) is 0. The van der Waals surface area contributed by atoms with Gasteiger partial charge in [0.05, 0.1) is 8.07 Å². The third-order valence-corrected chi connectivity index (χ3v) is 3.65. The Morgan fingerprint density at radius 1 is 1.09 bits per heavy atom. The van der Waals surface area contributed by atoms with Crippen LogP contribution in [-0.4, -0.2) is 8.07 Å². The van der Waals surface area contributed by atoms with Crippen molar-refractivity contribution in [2.75, 3.05) is 0 Å². The standard InChI is InChI=1S/C9H13Si.Zn/c1-10(2,3)9-7-5-4-6-8-9;/h5-8H,1-3H3;/q-1;. The zero-order valence-electron chi connectivity index (χ0n) is 7.52. The minimum Gasteiger partial charge on any atom is -0.184 e. The number of rotatable bonds is 1. The van der Waals surface area contributed by atoms with Gasteiger partial charge < -0.3 is 0 Å².